The molecule has 2 aromatic carbocycles. The SMILES string of the molecule is COc1ccc(NC(=O)Nc2ccnc3ccccc23)c(C)c1.Cl. The van der Waals surface area contributed by atoms with Gasteiger partial charge < -0.3 is 15.4 Å². The van der Waals surface area contributed by atoms with Crippen LogP contribution in [0.3, 0.4) is 0 Å². The maximum atomic E-state index is 12.3. The highest BCUT2D eigenvalue weighted by Crippen LogP contribution is 2.23. The van der Waals surface area contributed by atoms with Crippen LogP contribution < -0.4 is 15.4 Å². The Hall–Kier alpha value is -2.79. The Morgan fingerprint density at radius 1 is 1.04 bits per heavy atom. The van der Waals surface area contributed by atoms with Crippen LogP contribution in [0.1, 0.15) is 5.56 Å². The van der Waals surface area contributed by atoms with Gasteiger partial charge in [-0.05, 0) is 42.8 Å². The van der Waals surface area contributed by atoms with Crippen molar-refractivity contribution in [3.8, 4) is 5.75 Å². The third kappa shape index (κ3) is 3.75. The average Bonchev–Trinajstić information content (AvgIpc) is 2.57. The molecule has 3 rings (SSSR count). The molecule has 1 aromatic heterocycles. The monoisotopic (exact) mass is 343 g/mol. The van der Waals surface area contributed by atoms with Gasteiger partial charge >= 0.3 is 6.03 Å². The molecular formula is C18H18ClN3O2. The number of hydrogen-bond acceptors (Lipinski definition) is 3. The van der Waals surface area contributed by atoms with Crippen LogP contribution in [-0.2, 0) is 0 Å². The minimum Gasteiger partial charge on any atom is -0.497 e. The number of nitrogens with zero attached hydrogens (tertiary/aromatic N) is 1. The Balaban J connectivity index is 0.00000208. The Morgan fingerprint density at radius 3 is 2.54 bits per heavy atom. The molecule has 0 unspecified atom stereocenters. The van der Waals surface area contributed by atoms with E-state index in [-0.39, 0.29) is 18.4 Å². The van der Waals surface area contributed by atoms with E-state index in [1.54, 1.807) is 19.4 Å². The molecule has 0 fully saturated rings. The predicted octanol–water partition coefficient (Wildman–Crippen LogP) is 4.62. The molecular weight excluding hydrogens is 326 g/mol. The maximum absolute atomic E-state index is 12.3. The van der Waals surface area contributed by atoms with Gasteiger partial charge in [0.1, 0.15) is 5.75 Å². The quantitative estimate of drug-likeness (QED) is 0.729. The molecule has 0 aliphatic heterocycles. The number of para-hydroxylation sites is 1. The number of amides is 2. The second kappa shape index (κ2) is 7.66. The highest BCUT2D eigenvalue weighted by Gasteiger charge is 2.08. The van der Waals surface area contributed by atoms with Crippen molar-refractivity contribution < 1.29 is 9.53 Å². The summed E-state index contributed by atoms with van der Waals surface area (Å²) in [5.41, 5.74) is 3.23. The number of carbonyl (C=O) groups is 1. The van der Waals surface area contributed by atoms with Gasteiger partial charge in [0.15, 0.2) is 0 Å². The lowest BCUT2D eigenvalue weighted by molar-refractivity contribution is 0.262. The molecule has 0 aliphatic carbocycles. The number of ether oxygens (including phenoxy) is 1. The molecule has 0 atom stereocenters. The molecule has 5 nitrogen and oxygen atoms in total. The van der Waals surface area contributed by atoms with Gasteiger partial charge in [0.05, 0.1) is 18.3 Å². The van der Waals surface area contributed by atoms with Crippen LogP contribution in [0.4, 0.5) is 16.2 Å². The van der Waals surface area contributed by atoms with Crippen molar-refractivity contribution >= 4 is 40.7 Å². The number of urea groups is 1. The van der Waals surface area contributed by atoms with E-state index in [0.717, 1.165) is 33.6 Å². The standard InChI is InChI=1S/C18H17N3O2.ClH/c1-12-11-13(23-2)7-8-15(12)20-18(22)21-17-9-10-19-16-6-4-3-5-14(16)17;/h3-11H,1-2H3,(H2,19,20,21,22);1H. The number of aryl methyl sites for hydroxylation is 1. The summed E-state index contributed by atoms with van der Waals surface area (Å²) >= 11 is 0. The topological polar surface area (TPSA) is 63.2 Å². The number of hydrogen-bond donors (Lipinski definition) is 2. The van der Waals surface area contributed by atoms with Crippen molar-refractivity contribution in [1.29, 1.82) is 0 Å². The van der Waals surface area contributed by atoms with Crippen LogP contribution in [0, 0.1) is 6.92 Å². The number of nitrogens with one attached hydrogen (secondary N) is 2. The van der Waals surface area contributed by atoms with Crippen molar-refractivity contribution in [3.05, 3.63) is 60.3 Å². The van der Waals surface area contributed by atoms with Crippen LogP contribution in [-0.4, -0.2) is 18.1 Å². The number of fused-ring (bicyclic) bond motifs is 1. The van der Waals surface area contributed by atoms with E-state index in [0.29, 0.717) is 0 Å². The van der Waals surface area contributed by atoms with Gasteiger partial charge in [-0.15, -0.1) is 12.4 Å². The highest BCUT2D eigenvalue weighted by atomic mass is 35.5. The molecule has 0 aliphatic rings. The summed E-state index contributed by atoms with van der Waals surface area (Å²) in [5, 5.41) is 6.62. The Labute approximate surface area is 146 Å². The van der Waals surface area contributed by atoms with Crippen LogP contribution in [0.15, 0.2) is 54.7 Å². The summed E-state index contributed by atoms with van der Waals surface area (Å²) in [6.45, 7) is 1.92. The van der Waals surface area contributed by atoms with Gasteiger partial charge in [0.25, 0.3) is 0 Å². The summed E-state index contributed by atoms with van der Waals surface area (Å²) in [7, 11) is 1.61. The fraction of sp³-hybridized carbons (Fsp3) is 0.111. The number of halogens is 1. The first-order valence-electron chi connectivity index (χ1n) is 7.24. The lowest BCUT2D eigenvalue weighted by Crippen LogP contribution is -2.20. The first-order chi connectivity index (χ1) is 11.2. The molecule has 3 aromatic rings. The van der Waals surface area contributed by atoms with Crippen LogP contribution >= 0.6 is 12.4 Å². The van der Waals surface area contributed by atoms with Gasteiger partial charge in [0.2, 0.25) is 0 Å². The molecule has 124 valence electrons. The third-order valence-electron chi connectivity index (χ3n) is 3.58. The molecule has 0 spiro atoms. The summed E-state index contributed by atoms with van der Waals surface area (Å²) in [5.74, 6) is 0.758. The molecule has 0 saturated carbocycles. The van der Waals surface area contributed by atoms with Gasteiger partial charge in [-0.1, -0.05) is 18.2 Å². The van der Waals surface area contributed by atoms with Crippen molar-refractivity contribution in [3.63, 3.8) is 0 Å². The summed E-state index contributed by atoms with van der Waals surface area (Å²) < 4.78 is 5.16. The normalized spacial score (nSPS) is 9.92. The molecule has 6 heteroatoms. The second-order valence-corrected chi connectivity index (χ2v) is 5.14. The van der Waals surface area contributed by atoms with E-state index < -0.39 is 0 Å². The summed E-state index contributed by atoms with van der Waals surface area (Å²) in [6, 6.07) is 14.7. The van der Waals surface area contributed by atoms with Crippen molar-refractivity contribution in [1.82, 2.24) is 4.98 Å². The van der Waals surface area contributed by atoms with Crippen LogP contribution in [0.2, 0.25) is 0 Å². The third-order valence-corrected chi connectivity index (χ3v) is 3.58. The van der Waals surface area contributed by atoms with Crippen LogP contribution in [0.5, 0.6) is 5.75 Å². The van der Waals surface area contributed by atoms with E-state index in [1.165, 1.54) is 0 Å². The minimum atomic E-state index is -0.297. The maximum Gasteiger partial charge on any atom is 0.323 e. The number of pyridine rings is 1. The fourth-order valence-corrected chi connectivity index (χ4v) is 2.38. The number of anilines is 2. The smallest absolute Gasteiger partial charge is 0.323 e. The zero-order valence-corrected chi connectivity index (χ0v) is 14.2. The number of rotatable bonds is 3. The van der Waals surface area contributed by atoms with E-state index in [4.69, 9.17) is 4.74 Å². The second-order valence-electron chi connectivity index (χ2n) is 5.14. The summed E-state index contributed by atoms with van der Waals surface area (Å²) in [4.78, 5) is 16.5. The van der Waals surface area contributed by atoms with E-state index >= 15 is 0 Å². The molecule has 0 saturated heterocycles. The van der Waals surface area contributed by atoms with Crippen LogP contribution in [0.25, 0.3) is 10.9 Å². The predicted molar refractivity (Wildman–Crippen MR) is 99.4 cm³/mol. The van der Waals surface area contributed by atoms with Gasteiger partial charge in [0, 0.05) is 17.3 Å². The van der Waals surface area contributed by atoms with Crippen molar-refractivity contribution in [2.75, 3.05) is 17.7 Å². The molecule has 2 N–H and O–H groups in total. The number of benzene rings is 2. The molecule has 2 amide bonds. The largest absolute Gasteiger partial charge is 0.497 e. The minimum absolute atomic E-state index is 0. The van der Waals surface area contributed by atoms with E-state index in [2.05, 4.69) is 15.6 Å². The molecule has 0 bridgehead atoms. The first kappa shape index (κ1) is 17.6. The van der Waals surface area contributed by atoms with Gasteiger partial charge in [-0.3, -0.25) is 4.98 Å². The summed E-state index contributed by atoms with van der Waals surface area (Å²) in [6.07, 6.45) is 1.68. The Bertz CT molecular complexity index is 863. The van der Waals surface area contributed by atoms with Crippen molar-refractivity contribution in [2.45, 2.75) is 6.92 Å². The average molecular weight is 344 g/mol. The van der Waals surface area contributed by atoms with E-state index in [9.17, 15) is 4.79 Å². The number of aromatic nitrogens is 1. The number of carbonyl (C=O) groups excluding carboxylic acids is 1. The zero-order chi connectivity index (χ0) is 16.2. The molecule has 24 heavy (non-hydrogen) atoms. The Morgan fingerprint density at radius 2 is 1.79 bits per heavy atom. The fourth-order valence-electron chi connectivity index (χ4n) is 2.38. The Kier molecular flexibility index (Phi) is 5.60. The van der Waals surface area contributed by atoms with E-state index in [1.807, 2.05) is 49.4 Å². The van der Waals surface area contributed by atoms with Gasteiger partial charge in [-0.2, -0.15) is 0 Å². The molecule has 0 radical (unpaired) electrons. The first-order valence-corrected chi connectivity index (χ1v) is 7.24. The lowest BCUT2D eigenvalue weighted by Gasteiger charge is -2.12. The molecule has 1 heterocycles. The van der Waals surface area contributed by atoms with Gasteiger partial charge in [-0.25, -0.2) is 4.79 Å². The zero-order valence-electron chi connectivity index (χ0n) is 13.4. The van der Waals surface area contributed by atoms with Crippen molar-refractivity contribution in [2.24, 2.45) is 0 Å². The highest BCUT2D eigenvalue weighted by molar-refractivity contribution is 6.05. The lowest BCUT2D eigenvalue weighted by atomic mass is 10.2. The number of methoxy groups -OCH3 is 1.